The Balaban J connectivity index is 2.05. The average Bonchev–Trinajstić information content (AvgIpc) is 2.28. The van der Waals surface area contributed by atoms with Gasteiger partial charge in [-0.15, -0.1) is 11.8 Å². The quantitative estimate of drug-likeness (QED) is 0.512. The minimum Gasteiger partial charge on any atom is -0.393 e. The van der Waals surface area contributed by atoms with Gasteiger partial charge < -0.3 is 5.73 Å². The molecule has 18 heavy (non-hydrogen) atoms. The molecule has 1 aliphatic carbocycles. The van der Waals surface area contributed by atoms with Crippen LogP contribution in [-0.2, 0) is 0 Å². The van der Waals surface area contributed by atoms with Crippen molar-refractivity contribution >= 4 is 23.1 Å². The molecule has 0 aliphatic heterocycles. The first kappa shape index (κ1) is 13.2. The lowest BCUT2D eigenvalue weighted by atomic mass is 9.91. The van der Waals surface area contributed by atoms with Gasteiger partial charge in [-0.2, -0.15) is 0 Å². The zero-order chi connectivity index (χ0) is 13.1. The summed E-state index contributed by atoms with van der Waals surface area (Å²) in [6.45, 7) is 2.29. The molecular weight excluding hydrogens is 248 g/mol. The van der Waals surface area contributed by atoms with Crippen molar-refractivity contribution in [1.82, 2.24) is 0 Å². The average molecular weight is 266 g/mol. The number of nitro benzene ring substituents is 1. The summed E-state index contributed by atoms with van der Waals surface area (Å²) in [6, 6.07) is 5.03. The smallest absolute Gasteiger partial charge is 0.292 e. The molecule has 1 saturated carbocycles. The van der Waals surface area contributed by atoms with Crippen LogP contribution in [0.1, 0.15) is 32.6 Å². The van der Waals surface area contributed by atoms with E-state index in [1.54, 1.807) is 23.9 Å². The molecule has 0 amide bonds. The van der Waals surface area contributed by atoms with Crippen LogP contribution in [0.15, 0.2) is 23.1 Å². The predicted octanol–water partition coefficient (Wildman–Crippen LogP) is 3.85. The molecule has 0 saturated heterocycles. The van der Waals surface area contributed by atoms with E-state index in [1.165, 1.54) is 31.7 Å². The Kier molecular flexibility index (Phi) is 4.11. The van der Waals surface area contributed by atoms with E-state index in [2.05, 4.69) is 6.92 Å². The highest BCUT2D eigenvalue weighted by atomic mass is 32.2. The van der Waals surface area contributed by atoms with E-state index < -0.39 is 4.92 Å². The predicted molar refractivity (Wildman–Crippen MR) is 74.8 cm³/mol. The van der Waals surface area contributed by atoms with E-state index in [0.29, 0.717) is 5.25 Å². The van der Waals surface area contributed by atoms with Gasteiger partial charge in [0.1, 0.15) is 5.69 Å². The molecule has 1 aromatic rings. The normalized spacial score (nSPS) is 23.8. The number of nitrogens with zero attached hydrogens (tertiary/aromatic N) is 1. The molecule has 0 bridgehead atoms. The van der Waals surface area contributed by atoms with Crippen molar-refractivity contribution in [3.8, 4) is 0 Å². The monoisotopic (exact) mass is 266 g/mol. The van der Waals surface area contributed by atoms with Gasteiger partial charge in [0, 0.05) is 16.2 Å². The Labute approximate surface area is 111 Å². The first-order valence-corrected chi connectivity index (χ1v) is 7.15. The first-order chi connectivity index (χ1) is 8.56. The number of nitrogen functional groups attached to an aromatic ring is 1. The van der Waals surface area contributed by atoms with Crippen molar-refractivity contribution < 1.29 is 4.92 Å². The van der Waals surface area contributed by atoms with Crippen molar-refractivity contribution in [2.45, 2.75) is 42.8 Å². The van der Waals surface area contributed by atoms with E-state index in [-0.39, 0.29) is 11.4 Å². The first-order valence-electron chi connectivity index (χ1n) is 6.27. The van der Waals surface area contributed by atoms with E-state index in [9.17, 15) is 10.1 Å². The van der Waals surface area contributed by atoms with Gasteiger partial charge in [0.2, 0.25) is 0 Å². The highest BCUT2D eigenvalue weighted by molar-refractivity contribution is 8.00. The Morgan fingerprint density at radius 1 is 1.44 bits per heavy atom. The molecule has 2 N–H and O–H groups in total. The minimum absolute atomic E-state index is 0.00337. The molecule has 2 rings (SSSR count). The number of anilines is 1. The number of hydrogen-bond donors (Lipinski definition) is 1. The van der Waals surface area contributed by atoms with E-state index in [0.717, 1.165) is 10.8 Å². The van der Waals surface area contributed by atoms with Crippen LogP contribution >= 0.6 is 11.8 Å². The molecule has 98 valence electrons. The number of benzene rings is 1. The summed E-state index contributed by atoms with van der Waals surface area (Å²) in [6.07, 6.45) is 5.05. The summed E-state index contributed by atoms with van der Waals surface area (Å²) in [7, 11) is 0. The van der Waals surface area contributed by atoms with Crippen molar-refractivity contribution in [1.29, 1.82) is 0 Å². The molecule has 1 aromatic carbocycles. The van der Waals surface area contributed by atoms with Crippen molar-refractivity contribution in [2.75, 3.05) is 5.73 Å². The number of nitro groups is 1. The highest BCUT2D eigenvalue weighted by Gasteiger charge is 2.20. The summed E-state index contributed by atoms with van der Waals surface area (Å²) in [5.74, 6) is 0.784. The molecule has 0 radical (unpaired) electrons. The van der Waals surface area contributed by atoms with Gasteiger partial charge in [-0.1, -0.05) is 19.8 Å². The van der Waals surface area contributed by atoms with Crippen LogP contribution in [0.3, 0.4) is 0 Å². The third kappa shape index (κ3) is 3.16. The number of thioether (sulfide) groups is 1. The van der Waals surface area contributed by atoms with Gasteiger partial charge in [0.15, 0.2) is 0 Å². The Morgan fingerprint density at radius 3 is 2.83 bits per heavy atom. The zero-order valence-electron chi connectivity index (χ0n) is 10.5. The Morgan fingerprint density at radius 2 is 2.22 bits per heavy atom. The minimum atomic E-state index is -0.438. The summed E-state index contributed by atoms with van der Waals surface area (Å²) >= 11 is 1.80. The molecule has 4 nitrogen and oxygen atoms in total. The maximum Gasteiger partial charge on any atom is 0.292 e. The van der Waals surface area contributed by atoms with Crippen molar-refractivity contribution in [3.63, 3.8) is 0 Å². The van der Waals surface area contributed by atoms with Gasteiger partial charge in [-0.3, -0.25) is 10.1 Å². The molecule has 2 unspecified atom stereocenters. The SMILES string of the molecule is CC1CCCC(Sc2ccc([N+](=O)[O-])c(N)c2)C1. The molecular formula is C13H18N2O2S. The Bertz CT molecular complexity index is 451. The molecule has 1 aliphatic rings. The second kappa shape index (κ2) is 5.61. The lowest BCUT2D eigenvalue weighted by molar-refractivity contribution is -0.383. The van der Waals surface area contributed by atoms with E-state index in [1.807, 2.05) is 0 Å². The van der Waals surface area contributed by atoms with Gasteiger partial charge in [0.05, 0.1) is 4.92 Å². The number of hydrogen-bond acceptors (Lipinski definition) is 4. The summed E-state index contributed by atoms with van der Waals surface area (Å²) in [4.78, 5) is 11.3. The molecule has 0 spiro atoms. The largest absolute Gasteiger partial charge is 0.393 e. The lowest BCUT2D eigenvalue weighted by Crippen LogP contribution is -2.14. The van der Waals surface area contributed by atoms with Crippen molar-refractivity contribution in [3.05, 3.63) is 28.3 Å². The second-order valence-corrected chi connectivity index (χ2v) is 6.36. The summed E-state index contributed by atoms with van der Waals surface area (Å²) in [5, 5.41) is 11.3. The molecule has 0 aromatic heterocycles. The van der Waals surface area contributed by atoms with Gasteiger partial charge in [0.25, 0.3) is 5.69 Å². The van der Waals surface area contributed by atoms with Crippen LogP contribution in [0, 0.1) is 16.0 Å². The number of nitrogens with two attached hydrogens (primary N) is 1. The van der Waals surface area contributed by atoms with Crippen LogP contribution in [0.5, 0.6) is 0 Å². The second-order valence-electron chi connectivity index (χ2n) is 4.99. The number of rotatable bonds is 3. The fraction of sp³-hybridized carbons (Fsp3) is 0.538. The molecule has 0 heterocycles. The van der Waals surface area contributed by atoms with Gasteiger partial charge in [-0.05, 0) is 30.9 Å². The third-order valence-corrected chi connectivity index (χ3v) is 4.67. The third-order valence-electron chi connectivity index (χ3n) is 3.39. The standard InChI is InChI=1S/C13H18N2O2S/c1-9-3-2-4-10(7-9)18-11-5-6-13(15(16)17)12(14)8-11/h5-6,8-10H,2-4,7,14H2,1H3. The molecule has 2 atom stereocenters. The van der Waals surface area contributed by atoms with Crippen LogP contribution in [0.25, 0.3) is 0 Å². The lowest BCUT2D eigenvalue weighted by Gasteiger charge is -2.26. The maximum atomic E-state index is 10.7. The van der Waals surface area contributed by atoms with E-state index in [4.69, 9.17) is 5.73 Å². The van der Waals surface area contributed by atoms with Crippen LogP contribution in [-0.4, -0.2) is 10.2 Å². The summed E-state index contributed by atoms with van der Waals surface area (Å²) < 4.78 is 0. The van der Waals surface area contributed by atoms with Gasteiger partial charge >= 0.3 is 0 Å². The highest BCUT2D eigenvalue weighted by Crippen LogP contribution is 2.37. The zero-order valence-corrected chi connectivity index (χ0v) is 11.3. The van der Waals surface area contributed by atoms with E-state index >= 15 is 0 Å². The fourth-order valence-corrected chi connectivity index (χ4v) is 3.89. The van der Waals surface area contributed by atoms with Crippen molar-refractivity contribution in [2.24, 2.45) is 5.92 Å². The fourth-order valence-electron chi connectivity index (χ4n) is 2.45. The molecule has 1 fully saturated rings. The van der Waals surface area contributed by atoms with Gasteiger partial charge in [-0.25, -0.2) is 0 Å². The summed E-state index contributed by atoms with van der Waals surface area (Å²) in [5.41, 5.74) is 5.95. The van der Waals surface area contributed by atoms with Crippen LogP contribution in [0.2, 0.25) is 0 Å². The molecule has 5 heteroatoms. The van der Waals surface area contributed by atoms with Crippen LogP contribution in [0.4, 0.5) is 11.4 Å². The Hall–Kier alpha value is -1.23. The topological polar surface area (TPSA) is 69.2 Å². The maximum absolute atomic E-state index is 10.7. The van der Waals surface area contributed by atoms with Crippen LogP contribution < -0.4 is 5.73 Å².